The summed E-state index contributed by atoms with van der Waals surface area (Å²) in [5.74, 6) is -0.744. The Bertz CT molecular complexity index is 244. The van der Waals surface area contributed by atoms with Gasteiger partial charge in [0.05, 0.1) is 0 Å². The van der Waals surface area contributed by atoms with Crippen LogP contribution in [0.4, 0.5) is 0 Å². The zero-order chi connectivity index (χ0) is 15.3. The van der Waals surface area contributed by atoms with Gasteiger partial charge in [0.25, 0.3) is 0 Å². The first kappa shape index (κ1) is 19.5. The van der Waals surface area contributed by atoms with E-state index in [1.165, 1.54) is 0 Å². The Morgan fingerprint density at radius 3 is 1.90 bits per heavy atom. The van der Waals surface area contributed by atoms with E-state index in [-0.39, 0.29) is 6.42 Å². The molecular formula is C12H28N2O5Si. The Balaban J connectivity index is 3.38. The molecule has 20 heavy (non-hydrogen) atoms. The Morgan fingerprint density at radius 1 is 0.950 bits per heavy atom. The van der Waals surface area contributed by atoms with E-state index in [9.17, 15) is 4.79 Å². The summed E-state index contributed by atoms with van der Waals surface area (Å²) in [4.78, 5) is 10.3. The van der Waals surface area contributed by atoms with E-state index >= 15 is 0 Å². The second-order valence-corrected chi connectivity index (χ2v) is 7.49. The summed E-state index contributed by atoms with van der Waals surface area (Å²) >= 11 is 0. The smallest absolute Gasteiger partial charge is 0.481 e. The molecule has 0 saturated carbocycles. The second-order valence-electron chi connectivity index (χ2n) is 4.40. The van der Waals surface area contributed by atoms with Crippen molar-refractivity contribution < 1.29 is 23.2 Å². The normalized spacial score (nSPS) is 11.8. The van der Waals surface area contributed by atoms with Crippen LogP contribution < -0.4 is 10.6 Å². The standard InChI is InChI=1S/C12H28N2O5Si/c1-17-20(18-2,19-3)11-5-8-14-10-9-13-7-4-6-12(15)16/h13-14H,4-11H2,1-3H3,(H,15,16). The Hall–Kier alpha value is -0.513. The number of carboxylic acids is 1. The molecule has 0 fully saturated rings. The lowest BCUT2D eigenvalue weighted by Gasteiger charge is -2.24. The van der Waals surface area contributed by atoms with Gasteiger partial charge in [-0.15, -0.1) is 0 Å². The van der Waals surface area contributed by atoms with Crippen molar-refractivity contribution in [1.82, 2.24) is 10.6 Å². The first-order valence-electron chi connectivity index (χ1n) is 6.89. The highest BCUT2D eigenvalue weighted by atomic mass is 28.4. The van der Waals surface area contributed by atoms with E-state index < -0.39 is 14.8 Å². The SMILES string of the molecule is CO[Si](CCCNCCNCCCC(=O)O)(OC)OC. The van der Waals surface area contributed by atoms with Crippen LogP contribution in [0.3, 0.4) is 0 Å². The molecule has 8 heteroatoms. The minimum Gasteiger partial charge on any atom is -0.481 e. The molecule has 0 aliphatic rings. The summed E-state index contributed by atoms with van der Waals surface area (Å²) in [6.45, 7) is 3.30. The van der Waals surface area contributed by atoms with E-state index in [1.807, 2.05) is 0 Å². The molecule has 3 N–H and O–H groups in total. The van der Waals surface area contributed by atoms with Gasteiger partial charge in [-0.3, -0.25) is 4.79 Å². The van der Waals surface area contributed by atoms with E-state index in [0.717, 1.165) is 38.6 Å². The lowest BCUT2D eigenvalue weighted by atomic mass is 10.3. The fourth-order valence-electron chi connectivity index (χ4n) is 1.78. The first-order valence-corrected chi connectivity index (χ1v) is 8.82. The Morgan fingerprint density at radius 2 is 1.45 bits per heavy atom. The van der Waals surface area contributed by atoms with Gasteiger partial charge in [-0.25, -0.2) is 0 Å². The maximum Gasteiger partial charge on any atom is 0.500 e. The second kappa shape index (κ2) is 12.2. The van der Waals surface area contributed by atoms with Crippen molar-refractivity contribution in [2.45, 2.75) is 25.3 Å². The molecule has 0 atom stereocenters. The number of hydrogen-bond acceptors (Lipinski definition) is 6. The van der Waals surface area contributed by atoms with E-state index in [2.05, 4.69) is 10.6 Å². The molecule has 0 bridgehead atoms. The van der Waals surface area contributed by atoms with E-state index in [0.29, 0.717) is 6.42 Å². The fourth-order valence-corrected chi connectivity index (χ4v) is 3.50. The molecule has 0 aromatic carbocycles. The molecule has 7 nitrogen and oxygen atoms in total. The summed E-state index contributed by atoms with van der Waals surface area (Å²) in [5, 5.41) is 15.0. The number of nitrogens with one attached hydrogen (secondary N) is 2. The maximum atomic E-state index is 10.3. The molecule has 0 unspecified atom stereocenters. The summed E-state index contributed by atoms with van der Waals surface area (Å²) < 4.78 is 16.0. The summed E-state index contributed by atoms with van der Waals surface area (Å²) in [7, 11) is 2.43. The van der Waals surface area contributed by atoms with Crippen LogP contribution in [0.25, 0.3) is 0 Å². The third-order valence-corrected chi connectivity index (χ3v) is 5.82. The average Bonchev–Trinajstić information content (AvgIpc) is 2.45. The number of rotatable bonds is 14. The van der Waals surface area contributed by atoms with Crippen molar-refractivity contribution in [3.05, 3.63) is 0 Å². The summed E-state index contributed by atoms with van der Waals surface area (Å²) in [6, 6.07) is 0.787. The molecule has 0 rings (SSSR count). The number of carbonyl (C=O) groups is 1. The Labute approximate surface area is 122 Å². The molecule has 0 radical (unpaired) electrons. The minimum absolute atomic E-state index is 0.220. The largest absolute Gasteiger partial charge is 0.500 e. The molecule has 0 aromatic heterocycles. The minimum atomic E-state index is -2.43. The lowest BCUT2D eigenvalue weighted by molar-refractivity contribution is -0.137. The molecule has 0 spiro atoms. The van der Waals surface area contributed by atoms with E-state index in [4.69, 9.17) is 18.4 Å². The van der Waals surface area contributed by atoms with Crippen LogP contribution in [0, 0.1) is 0 Å². The van der Waals surface area contributed by atoms with Gasteiger partial charge in [0, 0.05) is 46.9 Å². The van der Waals surface area contributed by atoms with Crippen molar-refractivity contribution in [3.8, 4) is 0 Å². The molecule has 0 aliphatic carbocycles. The zero-order valence-electron chi connectivity index (χ0n) is 12.7. The molecule has 0 saturated heterocycles. The predicted octanol–water partition coefficient (Wildman–Crippen LogP) is 0.299. The number of aliphatic carboxylic acids is 1. The predicted molar refractivity (Wildman–Crippen MR) is 78.8 cm³/mol. The Kier molecular flexibility index (Phi) is 11.9. The topological polar surface area (TPSA) is 89.1 Å². The van der Waals surface area contributed by atoms with Crippen LogP contribution in [0.2, 0.25) is 6.04 Å². The average molecular weight is 308 g/mol. The van der Waals surface area contributed by atoms with Crippen LogP contribution in [0.1, 0.15) is 19.3 Å². The van der Waals surface area contributed by atoms with Gasteiger partial charge in [0.2, 0.25) is 0 Å². The zero-order valence-corrected chi connectivity index (χ0v) is 13.7. The van der Waals surface area contributed by atoms with E-state index in [1.54, 1.807) is 21.3 Å². The molecular weight excluding hydrogens is 280 g/mol. The lowest BCUT2D eigenvalue weighted by Crippen LogP contribution is -2.43. The highest BCUT2D eigenvalue weighted by Gasteiger charge is 2.36. The quantitative estimate of drug-likeness (QED) is 0.314. The van der Waals surface area contributed by atoms with Gasteiger partial charge in [0.15, 0.2) is 0 Å². The first-order chi connectivity index (χ1) is 9.60. The summed E-state index contributed by atoms with van der Waals surface area (Å²) in [6.07, 6.45) is 1.82. The van der Waals surface area contributed by atoms with Crippen LogP contribution in [-0.4, -0.2) is 67.4 Å². The van der Waals surface area contributed by atoms with Crippen molar-refractivity contribution in [2.75, 3.05) is 47.5 Å². The fraction of sp³-hybridized carbons (Fsp3) is 0.917. The monoisotopic (exact) mass is 308 g/mol. The van der Waals surface area contributed by atoms with Crippen molar-refractivity contribution >= 4 is 14.8 Å². The maximum absolute atomic E-state index is 10.3. The third-order valence-electron chi connectivity index (χ3n) is 2.99. The molecule has 0 amide bonds. The van der Waals surface area contributed by atoms with Gasteiger partial charge in [-0.05, 0) is 25.9 Å². The van der Waals surface area contributed by atoms with Crippen molar-refractivity contribution in [2.24, 2.45) is 0 Å². The number of carboxylic acid groups (broad SMARTS) is 1. The highest BCUT2D eigenvalue weighted by Crippen LogP contribution is 2.14. The molecule has 0 aromatic rings. The van der Waals surface area contributed by atoms with Gasteiger partial charge in [-0.2, -0.15) is 0 Å². The summed E-state index contributed by atoms with van der Waals surface area (Å²) in [5.41, 5.74) is 0. The van der Waals surface area contributed by atoms with Crippen molar-refractivity contribution in [3.63, 3.8) is 0 Å². The van der Waals surface area contributed by atoms with Crippen LogP contribution in [-0.2, 0) is 18.1 Å². The van der Waals surface area contributed by atoms with Gasteiger partial charge in [-0.1, -0.05) is 0 Å². The van der Waals surface area contributed by atoms with Crippen molar-refractivity contribution in [1.29, 1.82) is 0 Å². The molecule has 0 aliphatic heterocycles. The molecule has 0 heterocycles. The van der Waals surface area contributed by atoms with Gasteiger partial charge < -0.3 is 29.0 Å². The van der Waals surface area contributed by atoms with Crippen LogP contribution in [0.15, 0.2) is 0 Å². The van der Waals surface area contributed by atoms with Crippen LogP contribution in [0.5, 0.6) is 0 Å². The highest BCUT2D eigenvalue weighted by molar-refractivity contribution is 6.60. The van der Waals surface area contributed by atoms with Gasteiger partial charge in [0.1, 0.15) is 0 Å². The van der Waals surface area contributed by atoms with Gasteiger partial charge >= 0.3 is 14.8 Å². The number of hydrogen-bond donors (Lipinski definition) is 3. The third kappa shape index (κ3) is 9.40. The molecule has 120 valence electrons. The van der Waals surface area contributed by atoms with Crippen LogP contribution >= 0.6 is 0 Å².